The molecule has 2 N–H and O–H groups in total. The van der Waals surface area contributed by atoms with Gasteiger partial charge in [-0.2, -0.15) is 0 Å². The Morgan fingerprint density at radius 2 is 2.10 bits per heavy atom. The molecule has 21 heavy (non-hydrogen) atoms. The molecule has 2 rings (SSSR count). The third-order valence-electron chi connectivity index (χ3n) is 2.74. The summed E-state index contributed by atoms with van der Waals surface area (Å²) < 4.78 is 0. The molecule has 0 saturated heterocycles. The Morgan fingerprint density at radius 3 is 2.81 bits per heavy atom. The highest BCUT2D eigenvalue weighted by Crippen LogP contribution is 2.21. The van der Waals surface area contributed by atoms with E-state index in [1.165, 1.54) is 6.20 Å². The van der Waals surface area contributed by atoms with Gasteiger partial charge in [-0.15, -0.1) is 0 Å². The minimum Gasteiger partial charge on any atom is -0.370 e. The summed E-state index contributed by atoms with van der Waals surface area (Å²) in [4.78, 5) is 16.4. The Labute approximate surface area is 133 Å². The van der Waals surface area contributed by atoms with Crippen LogP contribution >= 0.6 is 23.2 Å². The molecule has 0 fully saturated rings. The maximum absolute atomic E-state index is 12.3. The van der Waals surface area contributed by atoms with Crippen LogP contribution in [0.4, 0.5) is 11.5 Å². The zero-order valence-electron chi connectivity index (χ0n) is 11.5. The van der Waals surface area contributed by atoms with Crippen molar-refractivity contribution in [2.45, 2.75) is 13.3 Å². The Bertz CT molecular complexity index is 647. The quantitative estimate of drug-likeness (QED) is 0.853. The fourth-order valence-electron chi connectivity index (χ4n) is 1.73. The van der Waals surface area contributed by atoms with Crippen molar-refractivity contribution in [2.24, 2.45) is 0 Å². The van der Waals surface area contributed by atoms with E-state index >= 15 is 0 Å². The predicted octanol–water partition coefficient (Wildman–Crippen LogP) is 4.46. The molecule has 1 aromatic carbocycles. The van der Waals surface area contributed by atoms with Gasteiger partial charge in [-0.1, -0.05) is 36.2 Å². The second-order valence-electron chi connectivity index (χ2n) is 4.44. The fourth-order valence-corrected chi connectivity index (χ4v) is 2.11. The van der Waals surface area contributed by atoms with E-state index in [-0.39, 0.29) is 5.91 Å². The molecule has 1 amide bonds. The highest BCUT2D eigenvalue weighted by molar-refractivity contribution is 6.34. The van der Waals surface area contributed by atoms with Crippen molar-refractivity contribution in [2.75, 3.05) is 17.2 Å². The number of nitrogens with one attached hydrogen (secondary N) is 2. The minimum atomic E-state index is -0.302. The standard InChI is InChI=1S/C15H15Cl2N3O/c1-2-6-18-14-8-12(13(17)9-19-14)15(21)20-11-5-3-4-10(16)7-11/h3-5,7-9H,2,6H2,1H3,(H,18,19)(H,20,21). The number of carbonyl (C=O) groups excluding carboxylic acids is 1. The lowest BCUT2D eigenvalue weighted by Gasteiger charge is -2.09. The summed E-state index contributed by atoms with van der Waals surface area (Å²) >= 11 is 11.9. The van der Waals surface area contributed by atoms with Crippen LogP contribution in [-0.2, 0) is 0 Å². The molecule has 0 bridgehead atoms. The first-order chi connectivity index (χ1) is 10.1. The van der Waals surface area contributed by atoms with Gasteiger partial charge >= 0.3 is 0 Å². The lowest BCUT2D eigenvalue weighted by molar-refractivity contribution is 0.102. The molecule has 1 heterocycles. The largest absolute Gasteiger partial charge is 0.370 e. The zero-order chi connectivity index (χ0) is 15.2. The van der Waals surface area contributed by atoms with Crippen LogP contribution in [0.2, 0.25) is 10.0 Å². The molecule has 0 unspecified atom stereocenters. The van der Waals surface area contributed by atoms with Crippen LogP contribution in [0.1, 0.15) is 23.7 Å². The summed E-state index contributed by atoms with van der Waals surface area (Å²) in [6.07, 6.45) is 2.43. The number of amides is 1. The molecule has 0 aliphatic heterocycles. The zero-order valence-corrected chi connectivity index (χ0v) is 13.0. The van der Waals surface area contributed by atoms with Gasteiger partial charge in [0.05, 0.1) is 10.6 Å². The number of anilines is 2. The van der Waals surface area contributed by atoms with Crippen LogP contribution in [0.3, 0.4) is 0 Å². The summed E-state index contributed by atoms with van der Waals surface area (Å²) in [6, 6.07) is 8.57. The summed E-state index contributed by atoms with van der Waals surface area (Å²) in [5.74, 6) is 0.321. The maximum Gasteiger partial charge on any atom is 0.257 e. The molecule has 0 radical (unpaired) electrons. The van der Waals surface area contributed by atoms with E-state index < -0.39 is 0 Å². The first-order valence-electron chi connectivity index (χ1n) is 6.56. The number of pyridine rings is 1. The number of hydrogen-bond acceptors (Lipinski definition) is 3. The molecule has 6 heteroatoms. The molecule has 0 saturated carbocycles. The average Bonchev–Trinajstić information content (AvgIpc) is 2.46. The maximum atomic E-state index is 12.3. The van der Waals surface area contributed by atoms with E-state index in [0.29, 0.717) is 27.1 Å². The number of benzene rings is 1. The number of halogens is 2. The molecule has 4 nitrogen and oxygen atoms in total. The van der Waals surface area contributed by atoms with Gasteiger partial charge in [0.2, 0.25) is 0 Å². The van der Waals surface area contributed by atoms with Gasteiger partial charge in [0.15, 0.2) is 0 Å². The highest BCUT2D eigenvalue weighted by atomic mass is 35.5. The SMILES string of the molecule is CCCNc1cc(C(=O)Nc2cccc(Cl)c2)c(Cl)cn1. The molecule has 1 aromatic heterocycles. The fraction of sp³-hybridized carbons (Fsp3) is 0.200. The summed E-state index contributed by atoms with van der Waals surface area (Å²) in [5, 5.41) is 6.74. The van der Waals surface area contributed by atoms with E-state index in [2.05, 4.69) is 22.5 Å². The number of carbonyl (C=O) groups is 1. The van der Waals surface area contributed by atoms with E-state index in [1.807, 2.05) is 0 Å². The van der Waals surface area contributed by atoms with Crippen molar-refractivity contribution in [3.8, 4) is 0 Å². The molecule has 0 aliphatic carbocycles. The van der Waals surface area contributed by atoms with Crippen LogP contribution in [0.25, 0.3) is 0 Å². The monoisotopic (exact) mass is 323 g/mol. The van der Waals surface area contributed by atoms with E-state index in [9.17, 15) is 4.79 Å². The van der Waals surface area contributed by atoms with Gasteiger partial charge in [-0.3, -0.25) is 4.79 Å². The van der Waals surface area contributed by atoms with Crippen molar-refractivity contribution in [3.63, 3.8) is 0 Å². The summed E-state index contributed by atoms with van der Waals surface area (Å²) in [7, 11) is 0. The first-order valence-corrected chi connectivity index (χ1v) is 7.32. The molecule has 2 aromatic rings. The Morgan fingerprint density at radius 1 is 1.29 bits per heavy atom. The second-order valence-corrected chi connectivity index (χ2v) is 5.28. The Kier molecular flexibility index (Phi) is 5.42. The minimum absolute atomic E-state index is 0.302. The van der Waals surface area contributed by atoms with Crippen LogP contribution in [-0.4, -0.2) is 17.4 Å². The van der Waals surface area contributed by atoms with Crippen LogP contribution in [0.5, 0.6) is 0 Å². The van der Waals surface area contributed by atoms with E-state index in [1.54, 1.807) is 30.3 Å². The van der Waals surface area contributed by atoms with Crippen molar-refractivity contribution in [3.05, 3.63) is 52.1 Å². The number of aromatic nitrogens is 1. The van der Waals surface area contributed by atoms with Crippen molar-refractivity contribution in [1.29, 1.82) is 0 Å². The summed E-state index contributed by atoms with van der Waals surface area (Å²) in [6.45, 7) is 2.83. The third-order valence-corrected chi connectivity index (χ3v) is 3.27. The molecule has 0 aliphatic rings. The van der Waals surface area contributed by atoms with Gasteiger partial charge in [0.25, 0.3) is 5.91 Å². The van der Waals surface area contributed by atoms with Crippen molar-refractivity contribution < 1.29 is 4.79 Å². The number of hydrogen-bond donors (Lipinski definition) is 2. The molecule has 0 atom stereocenters. The lowest BCUT2D eigenvalue weighted by atomic mass is 10.2. The Hall–Kier alpha value is -1.78. The lowest BCUT2D eigenvalue weighted by Crippen LogP contribution is -2.13. The molecule has 110 valence electrons. The normalized spacial score (nSPS) is 10.2. The van der Waals surface area contributed by atoms with Crippen LogP contribution < -0.4 is 10.6 Å². The number of rotatable bonds is 5. The molecule has 0 spiro atoms. The number of nitrogens with zero attached hydrogens (tertiary/aromatic N) is 1. The molecular formula is C15H15Cl2N3O. The van der Waals surface area contributed by atoms with E-state index in [4.69, 9.17) is 23.2 Å². The smallest absolute Gasteiger partial charge is 0.257 e. The second kappa shape index (κ2) is 7.29. The summed E-state index contributed by atoms with van der Waals surface area (Å²) in [5.41, 5.74) is 0.980. The van der Waals surface area contributed by atoms with Gasteiger partial charge in [-0.05, 0) is 30.7 Å². The third kappa shape index (κ3) is 4.34. The van der Waals surface area contributed by atoms with Crippen LogP contribution in [0.15, 0.2) is 36.5 Å². The van der Waals surface area contributed by atoms with Gasteiger partial charge in [0.1, 0.15) is 5.82 Å². The van der Waals surface area contributed by atoms with E-state index in [0.717, 1.165) is 13.0 Å². The average molecular weight is 324 g/mol. The highest BCUT2D eigenvalue weighted by Gasteiger charge is 2.12. The van der Waals surface area contributed by atoms with Crippen molar-refractivity contribution >= 4 is 40.6 Å². The van der Waals surface area contributed by atoms with Gasteiger partial charge < -0.3 is 10.6 Å². The first kappa shape index (κ1) is 15.6. The van der Waals surface area contributed by atoms with Crippen molar-refractivity contribution in [1.82, 2.24) is 4.98 Å². The van der Waals surface area contributed by atoms with Crippen LogP contribution in [0, 0.1) is 0 Å². The van der Waals surface area contributed by atoms with Gasteiger partial charge in [0, 0.05) is 23.5 Å². The molecular weight excluding hydrogens is 309 g/mol. The topological polar surface area (TPSA) is 54.0 Å². The predicted molar refractivity (Wildman–Crippen MR) is 87.4 cm³/mol. The Balaban J connectivity index is 2.18. The van der Waals surface area contributed by atoms with Gasteiger partial charge in [-0.25, -0.2) is 4.98 Å².